The lowest BCUT2D eigenvalue weighted by Crippen LogP contribution is -2.40. The van der Waals surface area contributed by atoms with Gasteiger partial charge in [-0.1, -0.05) is 89.0 Å². The predicted octanol–water partition coefficient (Wildman–Crippen LogP) is 9.44. The molecule has 4 fully saturated rings. The summed E-state index contributed by atoms with van der Waals surface area (Å²) in [6.07, 6.45) is 7.34. The number of rotatable bonds is 11. The van der Waals surface area contributed by atoms with Crippen LogP contribution < -0.4 is 0 Å². The Morgan fingerprint density at radius 2 is 1.34 bits per heavy atom. The van der Waals surface area contributed by atoms with Crippen LogP contribution in [-0.4, -0.2) is 0 Å². The highest BCUT2D eigenvalue weighted by atomic mass is 14.7. The molecule has 4 saturated carbocycles. The maximum absolute atomic E-state index is 2.64. The Labute approximate surface area is 202 Å². The van der Waals surface area contributed by atoms with Crippen molar-refractivity contribution in [3.8, 4) is 0 Å². The molecule has 0 aromatic heterocycles. The van der Waals surface area contributed by atoms with Crippen LogP contribution in [0.25, 0.3) is 0 Å². The van der Waals surface area contributed by atoms with Crippen LogP contribution in [0.15, 0.2) is 0 Å². The molecule has 0 heteroatoms. The van der Waals surface area contributed by atoms with Crippen LogP contribution in [0.4, 0.5) is 0 Å². The monoisotopic (exact) mass is 442 g/mol. The molecule has 0 bridgehead atoms. The van der Waals surface area contributed by atoms with Crippen LogP contribution in [0.3, 0.4) is 0 Å². The fourth-order valence-electron chi connectivity index (χ4n) is 10.4. The molecule has 0 amide bonds. The van der Waals surface area contributed by atoms with Gasteiger partial charge in [-0.3, -0.25) is 0 Å². The summed E-state index contributed by atoms with van der Waals surface area (Å²) in [4.78, 5) is 0. The maximum atomic E-state index is 2.64. The van der Waals surface area contributed by atoms with Gasteiger partial charge >= 0.3 is 0 Å². The molecule has 0 N–H and O–H groups in total. The van der Waals surface area contributed by atoms with Gasteiger partial charge in [-0.2, -0.15) is 0 Å². The van der Waals surface area contributed by atoms with Gasteiger partial charge in [0.25, 0.3) is 0 Å². The second-order valence-corrected chi connectivity index (χ2v) is 14.5. The summed E-state index contributed by atoms with van der Waals surface area (Å²) < 4.78 is 0. The van der Waals surface area contributed by atoms with Crippen molar-refractivity contribution < 1.29 is 0 Å². The van der Waals surface area contributed by atoms with Crippen LogP contribution >= 0.6 is 0 Å². The van der Waals surface area contributed by atoms with Crippen molar-refractivity contribution in [3.05, 3.63) is 0 Å². The van der Waals surface area contributed by atoms with Gasteiger partial charge in [0.05, 0.1) is 0 Å². The van der Waals surface area contributed by atoms with Crippen molar-refractivity contribution in [1.82, 2.24) is 0 Å². The largest absolute Gasteiger partial charge is 0.0651 e. The molecule has 0 aliphatic heterocycles. The van der Waals surface area contributed by atoms with E-state index in [0.717, 1.165) is 88.8 Å². The van der Waals surface area contributed by atoms with E-state index in [2.05, 4.69) is 76.2 Å². The fraction of sp³-hybridized carbons (Fsp3) is 1.00. The van der Waals surface area contributed by atoms with Gasteiger partial charge in [0.2, 0.25) is 0 Å². The minimum atomic E-state index is 0.635. The Hall–Kier alpha value is 0. The first kappa shape index (κ1) is 25.1. The Kier molecular flexibility index (Phi) is 6.98. The molecule has 0 aromatic carbocycles. The first-order valence-electron chi connectivity index (χ1n) is 15.0. The van der Waals surface area contributed by atoms with Crippen molar-refractivity contribution >= 4 is 0 Å². The van der Waals surface area contributed by atoms with E-state index in [9.17, 15) is 0 Å². The highest BCUT2D eigenvalue weighted by Crippen LogP contribution is 2.68. The lowest BCUT2D eigenvalue weighted by Gasteiger charge is -2.48. The zero-order valence-electron chi connectivity index (χ0n) is 23.7. The molecule has 16 unspecified atom stereocenters. The predicted molar refractivity (Wildman–Crippen MR) is 140 cm³/mol. The lowest BCUT2D eigenvalue weighted by molar-refractivity contribution is 0.0139. The molecule has 16 atom stereocenters. The van der Waals surface area contributed by atoms with Crippen LogP contribution in [0.5, 0.6) is 0 Å². The molecule has 0 heterocycles. The van der Waals surface area contributed by atoms with E-state index >= 15 is 0 Å². The highest BCUT2D eigenvalue weighted by molar-refractivity contribution is 5.10. The molecule has 0 nitrogen and oxygen atoms in total. The van der Waals surface area contributed by atoms with Gasteiger partial charge in [-0.05, 0) is 113 Å². The van der Waals surface area contributed by atoms with Gasteiger partial charge in [0, 0.05) is 0 Å². The molecule has 4 aliphatic rings. The topological polar surface area (TPSA) is 0 Å². The summed E-state index contributed by atoms with van der Waals surface area (Å²) in [5.41, 5.74) is 0.635. The maximum Gasteiger partial charge on any atom is -0.0266 e. The van der Waals surface area contributed by atoms with Crippen LogP contribution in [0, 0.1) is 94.2 Å². The third kappa shape index (κ3) is 4.04. The standard InChI is InChI=1S/C32H58/c1-12-25-22(8)29(25)19(5)16-27-17(3)14-26(27)18(4)15-28-23(9)30(28)20(6)21(7)31-24(10)32(31,11)13-2/h17-31H,12-16H2,1-11H3. The minimum absolute atomic E-state index is 0.635. The zero-order valence-corrected chi connectivity index (χ0v) is 23.7. The van der Waals surface area contributed by atoms with Gasteiger partial charge in [-0.25, -0.2) is 0 Å². The first-order valence-corrected chi connectivity index (χ1v) is 15.0. The molecule has 0 saturated heterocycles. The average Bonchev–Trinajstić information content (AvgIpc) is 3.69. The zero-order chi connectivity index (χ0) is 23.7. The molecular formula is C32H58. The summed E-state index contributed by atoms with van der Waals surface area (Å²) in [6.45, 7) is 28.0. The SMILES string of the molecule is CCC1C(C)C1C(C)CC1C(C)CC1C(C)CC1C(C)C1C(C)C(C)C1C(C)C1(C)CC. The summed E-state index contributed by atoms with van der Waals surface area (Å²) in [5, 5.41) is 0. The van der Waals surface area contributed by atoms with Crippen molar-refractivity contribution in [2.24, 2.45) is 94.2 Å². The Morgan fingerprint density at radius 3 is 1.84 bits per heavy atom. The molecule has 0 spiro atoms. The van der Waals surface area contributed by atoms with Crippen LogP contribution in [0.2, 0.25) is 0 Å². The lowest BCUT2D eigenvalue weighted by atomic mass is 9.57. The highest BCUT2D eigenvalue weighted by Gasteiger charge is 2.62. The Bertz CT molecular complexity index is 650. The summed E-state index contributed by atoms with van der Waals surface area (Å²) >= 11 is 0. The van der Waals surface area contributed by atoms with Gasteiger partial charge in [0.15, 0.2) is 0 Å². The van der Waals surface area contributed by atoms with Crippen molar-refractivity contribution in [2.45, 2.75) is 108 Å². The second kappa shape index (κ2) is 8.90. The number of hydrogen-bond acceptors (Lipinski definition) is 0. The van der Waals surface area contributed by atoms with Gasteiger partial charge < -0.3 is 0 Å². The Balaban J connectivity index is 1.28. The smallest absolute Gasteiger partial charge is 0.0266 e. The van der Waals surface area contributed by atoms with Crippen molar-refractivity contribution in [1.29, 1.82) is 0 Å². The molecule has 4 rings (SSSR count). The van der Waals surface area contributed by atoms with E-state index in [-0.39, 0.29) is 0 Å². The van der Waals surface area contributed by atoms with E-state index < -0.39 is 0 Å². The second-order valence-electron chi connectivity index (χ2n) is 14.5. The molecule has 32 heavy (non-hydrogen) atoms. The molecule has 0 aromatic rings. The molecule has 186 valence electrons. The molecule has 4 aliphatic carbocycles. The third-order valence-electron chi connectivity index (χ3n) is 13.3. The summed E-state index contributed by atoms with van der Waals surface area (Å²) in [5.74, 6) is 14.8. The minimum Gasteiger partial charge on any atom is -0.0651 e. The van der Waals surface area contributed by atoms with E-state index in [1.807, 2.05) is 0 Å². The first-order chi connectivity index (χ1) is 15.0. The van der Waals surface area contributed by atoms with Crippen LogP contribution in [-0.2, 0) is 0 Å². The fourth-order valence-corrected chi connectivity index (χ4v) is 10.4. The third-order valence-corrected chi connectivity index (χ3v) is 13.3. The van der Waals surface area contributed by atoms with Crippen molar-refractivity contribution in [2.75, 3.05) is 0 Å². The summed E-state index contributed by atoms with van der Waals surface area (Å²) in [6, 6.07) is 0. The van der Waals surface area contributed by atoms with E-state index in [4.69, 9.17) is 0 Å². The average molecular weight is 443 g/mol. The van der Waals surface area contributed by atoms with E-state index in [1.54, 1.807) is 0 Å². The molecule has 0 radical (unpaired) electrons. The number of hydrogen-bond donors (Lipinski definition) is 0. The van der Waals surface area contributed by atoms with E-state index in [0.29, 0.717) is 5.41 Å². The molecular weight excluding hydrogens is 384 g/mol. The quantitative estimate of drug-likeness (QED) is 0.299. The van der Waals surface area contributed by atoms with Gasteiger partial charge in [0.1, 0.15) is 0 Å². The van der Waals surface area contributed by atoms with Crippen molar-refractivity contribution in [3.63, 3.8) is 0 Å². The van der Waals surface area contributed by atoms with E-state index in [1.165, 1.54) is 32.1 Å². The summed E-state index contributed by atoms with van der Waals surface area (Å²) in [7, 11) is 0. The van der Waals surface area contributed by atoms with Crippen LogP contribution in [0.1, 0.15) is 108 Å². The van der Waals surface area contributed by atoms with Gasteiger partial charge in [-0.15, -0.1) is 0 Å². The Morgan fingerprint density at radius 1 is 0.750 bits per heavy atom. The normalized spacial score (nSPS) is 53.2.